The first-order chi connectivity index (χ1) is 15.4. The first-order valence-electron chi connectivity index (χ1n) is 11.6. The molecule has 10 nitrogen and oxygen atoms in total. The van der Waals surface area contributed by atoms with Crippen LogP contribution in [0, 0.1) is 0 Å². The van der Waals surface area contributed by atoms with Gasteiger partial charge in [-0.3, -0.25) is 24.0 Å². The standard InChI is InChI=1S/C22H34N6O4/c1-22(21(31)24-16-6-4-3-5-7-16)15-28-18(20(30)26(22)2)14-17(25-28)19(29)23-8-9-27-10-12-32-13-11-27/h14,16H,3-13,15H2,1-2H3,(H,23,29)(H,24,31). The molecule has 2 fully saturated rings. The zero-order valence-electron chi connectivity index (χ0n) is 19.1. The Morgan fingerprint density at radius 1 is 1.22 bits per heavy atom. The molecular formula is C22H34N6O4. The molecule has 32 heavy (non-hydrogen) atoms. The molecule has 1 unspecified atom stereocenters. The minimum absolute atomic E-state index is 0.156. The predicted molar refractivity (Wildman–Crippen MR) is 117 cm³/mol. The summed E-state index contributed by atoms with van der Waals surface area (Å²) in [5, 5.41) is 10.4. The number of hydrogen-bond acceptors (Lipinski definition) is 6. The summed E-state index contributed by atoms with van der Waals surface area (Å²) in [6, 6.07) is 1.67. The Kier molecular flexibility index (Phi) is 6.80. The number of morpholine rings is 1. The van der Waals surface area contributed by atoms with Crippen molar-refractivity contribution in [3.8, 4) is 0 Å². The minimum atomic E-state index is -1.06. The monoisotopic (exact) mass is 446 g/mol. The number of carbonyl (C=O) groups excluding carboxylic acids is 3. The van der Waals surface area contributed by atoms with E-state index in [4.69, 9.17) is 4.74 Å². The lowest BCUT2D eigenvalue weighted by Gasteiger charge is -2.41. The van der Waals surface area contributed by atoms with Crippen LogP contribution in [-0.4, -0.2) is 95.3 Å². The Labute approximate surface area is 188 Å². The molecule has 1 saturated heterocycles. The number of amides is 3. The molecule has 0 spiro atoms. The summed E-state index contributed by atoms with van der Waals surface area (Å²) >= 11 is 0. The summed E-state index contributed by atoms with van der Waals surface area (Å²) in [6.07, 6.45) is 5.38. The van der Waals surface area contributed by atoms with Crippen molar-refractivity contribution in [3.05, 3.63) is 17.5 Å². The Morgan fingerprint density at radius 2 is 1.94 bits per heavy atom. The minimum Gasteiger partial charge on any atom is -0.379 e. The Hall–Kier alpha value is -2.46. The van der Waals surface area contributed by atoms with Gasteiger partial charge >= 0.3 is 0 Å². The second-order valence-electron chi connectivity index (χ2n) is 9.23. The van der Waals surface area contributed by atoms with Crippen LogP contribution in [0.2, 0.25) is 0 Å². The third-order valence-electron chi connectivity index (χ3n) is 6.98. The quantitative estimate of drug-likeness (QED) is 0.648. The number of rotatable bonds is 6. The van der Waals surface area contributed by atoms with E-state index in [1.165, 1.54) is 22.1 Å². The van der Waals surface area contributed by atoms with Gasteiger partial charge in [-0.15, -0.1) is 0 Å². The third-order valence-corrected chi connectivity index (χ3v) is 6.98. The average Bonchev–Trinajstić information content (AvgIpc) is 3.23. The van der Waals surface area contributed by atoms with Gasteiger partial charge in [-0.25, -0.2) is 0 Å². The smallest absolute Gasteiger partial charge is 0.272 e. The summed E-state index contributed by atoms with van der Waals surface area (Å²) in [5.41, 5.74) is -0.535. The molecular weight excluding hydrogens is 412 g/mol. The number of nitrogens with one attached hydrogen (secondary N) is 2. The van der Waals surface area contributed by atoms with E-state index in [1.807, 2.05) is 0 Å². The van der Waals surface area contributed by atoms with Crippen molar-refractivity contribution in [3.63, 3.8) is 0 Å². The number of carbonyl (C=O) groups is 3. The summed E-state index contributed by atoms with van der Waals surface area (Å²) in [7, 11) is 1.64. The fraction of sp³-hybridized carbons (Fsp3) is 0.727. The van der Waals surface area contributed by atoms with Gasteiger partial charge in [0.2, 0.25) is 5.91 Å². The van der Waals surface area contributed by atoms with Gasteiger partial charge in [-0.2, -0.15) is 5.10 Å². The number of ether oxygens (including phenoxy) is 1. The van der Waals surface area contributed by atoms with Crippen molar-refractivity contribution < 1.29 is 19.1 Å². The number of fused-ring (bicyclic) bond motifs is 1. The van der Waals surface area contributed by atoms with Gasteiger partial charge in [0.1, 0.15) is 11.2 Å². The van der Waals surface area contributed by atoms with Crippen molar-refractivity contribution >= 4 is 17.7 Å². The maximum atomic E-state index is 13.1. The maximum Gasteiger partial charge on any atom is 0.272 e. The van der Waals surface area contributed by atoms with Crippen molar-refractivity contribution in [1.82, 2.24) is 30.2 Å². The molecule has 4 rings (SSSR count). The van der Waals surface area contributed by atoms with Crippen LogP contribution in [0.15, 0.2) is 6.07 Å². The van der Waals surface area contributed by atoms with Crippen molar-refractivity contribution in [2.45, 2.75) is 57.2 Å². The highest BCUT2D eigenvalue weighted by Gasteiger charge is 2.46. The highest BCUT2D eigenvalue weighted by atomic mass is 16.5. The van der Waals surface area contributed by atoms with Crippen molar-refractivity contribution in [2.75, 3.05) is 46.4 Å². The zero-order chi connectivity index (χ0) is 22.7. The third kappa shape index (κ3) is 4.66. The molecule has 1 atom stereocenters. The summed E-state index contributed by atoms with van der Waals surface area (Å²) < 4.78 is 6.83. The molecule has 1 aromatic heterocycles. The van der Waals surface area contributed by atoms with E-state index < -0.39 is 5.54 Å². The van der Waals surface area contributed by atoms with Crippen molar-refractivity contribution in [2.24, 2.45) is 0 Å². The van der Waals surface area contributed by atoms with E-state index in [0.29, 0.717) is 25.5 Å². The number of likely N-dealkylation sites (N-methyl/N-ethyl adjacent to an activating group) is 1. The molecule has 2 aliphatic heterocycles. The van der Waals surface area contributed by atoms with E-state index in [2.05, 4.69) is 20.6 Å². The topological polar surface area (TPSA) is 109 Å². The molecule has 1 aliphatic carbocycles. The zero-order valence-corrected chi connectivity index (χ0v) is 19.1. The summed E-state index contributed by atoms with van der Waals surface area (Å²) in [5.74, 6) is -0.792. The molecule has 3 aliphatic rings. The Balaban J connectivity index is 1.40. The normalized spacial score (nSPS) is 24.8. The molecule has 3 heterocycles. The second kappa shape index (κ2) is 9.58. The van der Waals surface area contributed by atoms with Crippen LogP contribution in [0.3, 0.4) is 0 Å². The molecule has 0 bridgehead atoms. The number of hydrogen-bond donors (Lipinski definition) is 2. The molecule has 1 aromatic rings. The maximum absolute atomic E-state index is 13.1. The molecule has 10 heteroatoms. The molecule has 0 radical (unpaired) electrons. The van der Waals surface area contributed by atoms with Gasteiger partial charge in [-0.1, -0.05) is 19.3 Å². The van der Waals surface area contributed by atoms with E-state index in [9.17, 15) is 14.4 Å². The largest absolute Gasteiger partial charge is 0.379 e. The summed E-state index contributed by atoms with van der Waals surface area (Å²) in [4.78, 5) is 42.5. The van der Waals surface area contributed by atoms with Gasteiger partial charge in [0.15, 0.2) is 5.69 Å². The van der Waals surface area contributed by atoms with Crippen LogP contribution < -0.4 is 10.6 Å². The van der Waals surface area contributed by atoms with Crippen LogP contribution in [0.25, 0.3) is 0 Å². The lowest BCUT2D eigenvalue weighted by atomic mass is 9.92. The fourth-order valence-corrected chi connectivity index (χ4v) is 4.67. The highest BCUT2D eigenvalue weighted by Crippen LogP contribution is 2.27. The second-order valence-corrected chi connectivity index (χ2v) is 9.23. The van der Waals surface area contributed by atoms with Crippen LogP contribution in [0.5, 0.6) is 0 Å². The van der Waals surface area contributed by atoms with Gasteiger partial charge in [0.25, 0.3) is 11.8 Å². The predicted octanol–water partition coefficient (Wildman–Crippen LogP) is 0.238. The van der Waals surface area contributed by atoms with Gasteiger partial charge in [0.05, 0.1) is 19.8 Å². The van der Waals surface area contributed by atoms with Crippen molar-refractivity contribution in [1.29, 1.82) is 0 Å². The lowest BCUT2D eigenvalue weighted by Crippen LogP contribution is -2.63. The highest BCUT2D eigenvalue weighted by molar-refractivity contribution is 6.01. The molecule has 0 aromatic carbocycles. The average molecular weight is 447 g/mol. The van der Waals surface area contributed by atoms with E-state index in [-0.39, 0.29) is 36.0 Å². The molecule has 2 N–H and O–H groups in total. The van der Waals surface area contributed by atoms with Gasteiger partial charge in [-0.05, 0) is 19.8 Å². The Morgan fingerprint density at radius 3 is 2.66 bits per heavy atom. The van der Waals surface area contributed by atoms with E-state index in [1.54, 1.807) is 14.0 Å². The molecule has 3 amide bonds. The molecule has 176 valence electrons. The van der Waals surface area contributed by atoms with E-state index >= 15 is 0 Å². The van der Waals surface area contributed by atoms with Gasteiger partial charge < -0.3 is 20.3 Å². The SMILES string of the molecule is CN1C(=O)c2cc(C(=O)NCCN3CCOCC3)nn2CC1(C)C(=O)NC1CCCCC1. The van der Waals surface area contributed by atoms with Crippen LogP contribution in [0.4, 0.5) is 0 Å². The van der Waals surface area contributed by atoms with Crippen LogP contribution in [-0.2, 0) is 16.1 Å². The van der Waals surface area contributed by atoms with E-state index in [0.717, 1.165) is 45.3 Å². The van der Waals surface area contributed by atoms with Gasteiger partial charge in [0, 0.05) is 45.3 Å². The van der Waals surface area contributed by atoms with Crippen LogP contribution >= 0.6 is 0 Å². The number of nitrogens with zero attached hydrogens (tertiary/aromatic N) is 4. The fourth-order valence-electron chi connectivity index (χ4n) is 4.67. The lowest BCUT2D eigenvalue weighted by molar-refractivity contribution is -0.133. The first-order valence-corrected chi connectivity index (χ1v) is 11.6. The number of aromatic nitrogens is 2. The molecule has 1 saturated carbocycles. The Bertz CT molecular complexity index is 859. The first kappa shape index (κ1) is 22.7. The van der Waals surface area contributed by atoms with Crippen LogP contribution in [0.1, 0.15) is 60.0 Å². The summed E-state index contributed by atoms with van der Waals surface area (Å²) in [6.45, 7) is 6.35.